The van der Waals surface area contributed by atoms with Crippen LogP contribution in [0.2, 0.25) is 0 Å². The number of aliphatic hydroxyl groups excluding tert-OH is 1. The molecule has 3 aromatic carbocycles. The van der Waals surface area contributed by atoms with Crippen LogP contribution < -0.4 is 15.4 Å². The summed E-state index contributed by atoms with van der Waals surface area (Å²) in [5, 5.41) is 14.9. The SMILES string of the molecule is C#Cc1ccc(NC)cc1.CNc1ccc(C#Cc2ccc(OCCO)c(I)c2)cc1. The minimum Gasteiger partial charge on any atom is -0.490 e. The van der Waals surface area contributed by atoms with Gasteiger partial charge in [0, 0.05) is 42.2 Å². The number of aliphatic hydroxyl groups is 1. The van der Waals surface area contributed by atoms with Gasteiger partial charge in [0.25, 0.3) is 0 Å². The zero-order chi connectivity index (χ0) is 22.5. The summed E-state index contributed by atoms with van der Waals surface area (Å²) >= 11 is 2.21. The minimum atomic E-state index is 0.0141. The molecule has 3 aromatic rings. The molecule has 3 rings (SSSR count). The lowest BCUT2D eigenvalue weighted by atomic mass is 10.1. The average molecular weight is 524 g/mol. The number of ether oxygens (including phenoxy) is 1. The zero-order valence-electron chi connectivity index (χ0n) is 17.6. The first-order chi connectivity index (χ1) is 15.1. The van der Waals surface area contributed by atoms with Crippen molar-refractivity contribution in [3.05, 3.63) is 87.0 Å². The Morgan fingerprint density at radius 2 is 1.35 bits per heavy atom. The molecule has 0 spiro atoms. The molecule has 0 bridgehead atoms. The first-order valence-electron chi connectivity index (χ1n) is 9.67. The van der Waals surface area contributed by atoms with Crippen molar-refractivity contribution in [3.8, 4) is 29.9 Å². The summed E-state index contributed by atoms with van der Waals surface area (Å²) in [5.74, 6) is 9.60. The molecule has 0 saturated carbocycles. The molecule has 0 aromatic heterocycles. The van der Waals surface area contributed by atoms with E-state index in [1.54, 1.807) is 0 Å². The molecule has 0 aliphatic rings. The second-order valence-electron chi connectivity index (χ2n) is 6.27. The third kappa shape index (κ3) is 8.25. The van der Waals surface area contributed by atoms with Crippen LogP contribution in [0.4, 0.5) is 11.4 Å². The highest BCUT2D eigenvalue weighted by Crippen LogP contribution is 2.21. The van der Waals surface area contributed by atoms with Crippen molar-refractivity contribution in [3.63, 3.8) is 0 Å². The van der Waals surface area contributed by atoms with Crippen LogP contribution in [0.1, 0.15) is 16.7 Å². The molecule has 0 aliphatic heterocycles. The van der Waals surface area contributed by atoms with E-state index in [4.69, 9.17) is 16.3 Å². The van der Waals surface area contributed by atoms with Crippen molar-refractivity contribution in [2.45, 2.75) is 0 Å². The van der Waals surface area contributed by atoms with Crippen LogP contribution in [0.3, 0.4) is 0 Å². The lowest BCUT2D eigenvalue weighted by Gasteiger charge is -2.06. The van der Waals surface area contributed by atoms with Crippen LogP contribution in [0.5, 0.6) is 5.75 Å². The summed E-state index contributed by atoms with van der Waals surface area (Å²) in [7, 11) is 3.77. The fourth-order valence-corrected chi connectivity index (χ4v) is 3.12. The highest BCUT2D eigenvalue weighted by molar-refractivity contribution is 14.1. The van der Waals surface area contributed by atoms with E-state index in [-0.39, 0.29) is 6.61 Å². The maximum absolute atomic E-state index is 8.77. The predicted octanol–water partition coefficient (Wildman–Crippen LogP) is 4.81. The molecule has 31 heavy (non-hydrogen) atoms. The smallest absolute Gasteiger partial charge is 0.132 e. The van der Waals surface area contributed by atoms with E-state index in [9.17, 15) is 0 Å². The lowest BCUT2D eigenvalue weighted by molar-refractivity contribution is 0.200. The highest BCUT2D eigenvalue weighted by atomic mass is 127. The molecule has 0 radical (unpaired) electrons. The van der Waals surface area contributed by atoms with Crippen LogP contribution in [-0.4, -0.2) is 32.4 Å². The maximum atomic E-state index is 8.77. The first-order valence-corrected chi connectivity index (χ1v) is 10.7. The molecule has 0 heterocycles. The Kier molecular flexibility index (Phi) is 10.3. The second kappa shape index (κ2) is 13.2. The van der Waals surface area contributed by atoms with Gasteiger partial charge in [-0.15, -0.1) is 6.42 Å². The summed E-state index contributed by atoms with van der Waals surface area (Å²) in [6.45, 7) is 0.319. The number of hydrogen-bond donors (Lipinski definition) is 3. The molecule has 5 heteroatoms. The van der Waals surface area contributed by atoms with Gasteiger partial charge >= 0.3 is 0 Å². The Bertz CT molecular complexity index is 1060. The van der Waals surface area contributed by atoms with Crippen molar-refractivity contribution in [1.29, 1.82) is 0 Å². The average Bonchev–Trinajstić information content (AvgIpc) is 2.83. The monoisotopic (exact) mass is 524 g/mol. The second-order valence-corrected chi connectivity index (χ2v) is 7.43. The summed E-state index contributed by atoms with van der Waals surface area (Å²) in [6.07, 6.45) is 5.17. The molecule has 0 unspecified atom stereocenters. The van der Waals surface area contributed by atoms with E-state index >= 15 is 0 Å². The van der Waals surface area contributed by atoms with Gasteiger partial charge in [0.05, 0.1) is 10.2 Å². The Morgan fingerprint density at radius 3 is 1.84 bits per heavy atom. The number of hydrogen-bond acceptors (Lipinski definition) is 4. The molecular formula is C26H25IN2O2. The van der Waals surface area contributed by atoms with E-state index < -0.39 is 0 Å². The summed E-state index contributed by atoms with van der Waals surface area (Å²) in [4.78, 5) is 0. The van der Waals surface area contributed by atoms with Gasteiger partial charge in [-0.05, 0) is 89.3 Å². The van der Waals surface area contributed by atoms with Crippen LogP contribution in [-0.2, 0) is 0 Å². The molecular weight excluding hydrogens is 499 g/mol. The maximum Gasteiger partial charge on any atom is 0.132 e. The number of terminal acetylenes is 1. The van der Waals surface area contributed by atoms with Crippen LogP contribution >= 0.6 is 22.6 Å². The van der Waals surface area contributed by atoms with E-state index in [0.717, 1.165) is 37.4 Å². The fraction of sp³-hybridized carbons (Fsp3) is 0.154. The molecule has 0 saturated heterocycles. The van der Waals surface area contributed by atoms with Gasteiger partial charge < -0.3 is 20.5 Å². The zero-order valence-corrected chi connectivity index (χ0v) is 19.7. The summed E-state index contributed by atoms with van der Waals surface area (Å²) < 4.78 is 6.40. The van der Waals surface area contributed by atoms with Gasteiger partial charge in [0.1, 0.15) is 12.4 Å². The predicted molar refractivity (Wildman–Crippen MR) is 138 cm³/mol. The first kappa shape index (κ1) is 24.1. The number of anilines is 2. The van der Waals surface area contributed by atoms with E-state index in [0.29, 0.717) is 6.61 Å². The third-order valence-electron chi connectivity index (χ3n) is 4.15. The van der Waals surface area contributed by atoms with Crippen LogP contribution in [0.15, 0.2) is 66.7 Å². The Hall–Kier alpha value is -3.13. The molecule has 3 N–H and O–H groups in total. The number of benzene rings is 3. The summed E-state index contributed by atoms with van der Waals surface area (Å²) in [6, 6.07) is 21.5. The van der Waals surface area contributed by atoms with Crippen molar-refractivity contribution in [2.75, 3.05) is 37.9 Å². The largest absolute Gasteiger partial charge is 0.490 e. The van der Waals surface area contributed by atoms with Crippen LogP contribution in [0.25, 0.3) is 0 Å². The highest BCUT2D eigenvalue weighted by Gasteiger charge is 2.01. The molecule has 0 amide bonds. The number of nitrogens with one attached hydrogen (secondary N) is 2. The Balaban J connectivity index is 0.000000285. The van der Waals surface area contributed by atoms with E-state index in [2.05, 4.69) is 51.0 Å². The number of rotatable bonds is 5. The molecule has 0 aliphatic carbocycles. The van der Waals surface area contributed by atoms with Gasteiger partial charge in [-0.1, -0.05) is 17.8 Å². The normalized spacial score (nSPS) is 9.26. The molecule has 158 valence electrons. The van der Waals surface area contributed by atoms with Crippen molar-refractivity contribution < 1.29 is 9.84 Å². The van der Waals surface area contributed by atoms with Crippen LogP contribution in [0, 0.1) is 27.8 Å². The topological polar surface area (TPSA) is 53.5 Å². The van der Waals surface area contributed by atoms with Gasteiger partial charge in [0.15, 0.2) is 0 Å². The Labute approximate surface area is 198 Å². The quantitative estimate of drug-likeness (QED) is 0.331. The summed E-state index contributed by atoms with van der Waals surface area (Å²) in [5.41, 5.74) is 4.98. The standard InChI is InChI=1S/C17H16INO2.C9H9N/c1-19-15-7-4-13(5-8-15)2-3-14-6-9-17(16(18)12-14)21-11-10-20;1-3-8-4-6-9(10-2)7-5-8/h4-9,12,19-20H,10-11H2,1H3;1,4-7,10H,2H3. The van der Waals surface area contributed by atoms with E-state index in [1.807, 2.05) is 80.8 Å². The fourth-order valence-electron chi connectivity index (χ4n) is 2.45. The molecule has 4 nitrogen and oxygen atoms in total. The lowest BCUT2D eigenvalue weighted by Crippen LogP contribution is -2.02. The molecule has 0 fully saturated rings. The van der Waals surface area contributed by atoms with Gasteiger partial charge in [0.2, 0.25) is 0 Å². The van der Waals surface area contributed by atoms with Crippen molar-refractivity contribution >= 4 is 34.0 Å². The number of halogens is 1. The minimum absolute atomic E-state index is 0.0141. The Morgan fingerprint density at radius 1 is 0.839 bits per heavy atom. The third-order valence-corrected chi connectivity index (χ3v) is 4.99. The van der Waals surface area contributed by atoms with Gasteiger partial charge in [-0.3, -0.25) is 0 Å². The van der Waals surface area contributed by atoms with Crippen molar-refractivity contribution in [2.24, 2.45) is 0 Å². The van der Waals surface area contributed by atoms with Gasteiger partial charge in [-0.2, -0.15) is 0 Å². The van der Waals surface area contributed by atoms with Crippen molar-refractivity contribution in [1.82, 2.24) is 0 Å². The molecule has 0 atom stereocenters. The van der Waals surface area contributed by atoms with Gasteiger partial charge in [-0.25, -0.2) is 0 Å². The van der Waals surface area contributed by atoms with E-state index in [1.165, 1.54) is 0 Å².